The molecular weight excluding hydrogens is 332 g/mol. The van der Waals surface area contributed by atoms with Gasteiger partial charge in [0.2, 0.25) is 5.91 Å². The minimum Gasteiger partial charge on any atom is -0.366 e. The molecule has 27 heavy (non-hydrogen) atoms. The minimum atomic E-state index is -0.310. The maximum atomic E-state index is 11.5. The summed E-state index contributed by atoms with van der Waals surface area (Å²) in [6.45, 7) is 1.30. The minimum absolute atomic E-state index is 0.310. The maximum absolute atomic E-state index is 11.5. The van der Waals surface area contributed by atoms with Crippen molar-refractivity contribution in [2.24, 2.45) is 11.7 Å². The lowest BCUT2D eigenvalue weighted by molar-refractivity contribution is 0.1000. The Kier molecular flexibility index (Phi) is 6.17. The van der Waals surface area contributed by atoms with Crippen molar-refractivity contribution in [2.45, 2.75) is 95.1 Å². The number of hydrogen-bond donors (Lipinski definition) is 1. The first-order chi connectivity index (χ1) is 13.2. The van der Waals surface area contributed by atoms with Gasteiger partial charge in [0.1, 0.15) is 0 Å². The van der Waals surface area contributed by atoms with Crippen molar-refractivity contribution >= 4 is 5.91 Å². The average molecular weight is 369 g/mol. The van der Waals surface area contributed by atoms with Gasteiger partial charge in [-0.05, 0) is 68.2 Å². The lowest BCUT2D eigenvalue weighted by Gasteiger charge is -2.39. The van der Waals surface area contributed by atoms with E-state index in [1.807, 2.05) is 18.2 Å². The molecular formula is C24H36N2O. The van der Waals surface area contributed by atoms with Crippen molar-refractivity contribution in [3.63, 3.8) is 0 Å². The predicted molar refractivity (Wildman–Crippen MR) is 111 cm³/mol. The second-order valence-corrected chi connectivity index (χ2v) is 9.28. The molecule has 1 aromatic rings. The van der Waals surface area contributed by atoms with Crippen molar-refractivity contribution in [1.29, 1.82) is 0 Å². The van der Waals surface area contributed by atoms with E-state index in [-0.39, 0.29) is 5.91 Å². The van der Waals surface area contributed by atoms with E-state index in [4.69, 9.17) is 5.73 Å². The van der Waals surface area contributed by atoms with Crippen LogP contribution in [0, 0.1) is 5.92 Å². The van der Waals surface area contributed by atoms with Crippen LogP contribution in [0.4, 0.5) is 0 Å². The maximum Gasteiger partial charge on any atom is 0.248 e. The average Bonchev–Trinajstić information content (AvgIpc) is 2.93. The van der Waals surface area contributed by atoms with Crippen LogP contribution in [0.3, 0.4) is 0 Å². The third-order valence-corrected chi connectivity index (χ3v) is 7.53. The Hall–Kier alpha value is -1.35. The molecule has 3 fully saturated rings. The number of piperidine rings is 1. The van der Waals surface area contributed by atoms with Crippen molar-refractivity contribution in [1.82, 2.24) is 4.90 Å². The SMILES string of the molecule is NC(=O)c1cccc(C2C[C@H]3CC[C@@H](C2)N3CCCCC2CCCCC2)c1. The number of carbonyl (C=O) groups excluding carboxylic acids is 1. The van der Waals surface area contributed by atoms with Crippen LogP contribution in [-0.4, -0.2) is 29.4 Å². The molecule has 2 saturated heterocycles. The molecule has 3 heteroatoms. The van der Waals surface area contributed by atoms with Gasteiger partial charge in [0.15, 0.2) is 0 Å². The van der Waals surface area contributed by atoms with E-state index in [1.165, 1.54) is 89.2 Å². The molecule has 1 aliphatic carbocycles. The topological polar surface area (TPSA) is 46.3 Å². The summed E-state index contributed by atoms with van der Waals surface area (Å²) in [7, 11) is 0. The number of carbonyl (C=O) groups is 1. The fourth-order valence-electron chi connectivity index (χ4n) is 6.06. The molecule has 2 bridgehead atoms. The number of unbranched alkanes of at least 4 members (excludes halogenated alkanes) is 1. The first-order valence-electron chi connectivity index (χ1n) is 11.4. The molecule has 1 unspecified atom stereocenters. The van der Waals surface area contributed by atoms with E-state index < -0.39 is 0 Å². The predicted octanol–water partition coefficient (Wildman–Crippen LogP) is 5.25. The van der Waals surface area contributed by atoms with Crippen LogP contribution in [0.5, 0.6) is 0 Å². The number of nitrogens with zero attached hydrogens (tertiary/aromatic N) is 1. The van der Waals surface area contributed by atoms with Crippen molar-refractivity contribution < 1.29 is 4.79 Å². The summed E-state index contributed by atoms with van der Waals surface area (Å²) in [5.41, 5.74) is 7.45. The van der Waals surface area contributed by atoms with Gasteiger partial charge in [-0.3, -0.25) is 9.69 Å². The number of primary amides is 1. The number of benzene rings is 1. The van der Waals surface area contributed by atoms with Crippen molar-refractivity contribution in [3.05, 3.63) is 35.4 Å². The third kappa shape index (κ3) is 4.56. The fraction of sp³-hybridized carbons (Fsp3) is 0.708. The summed E-state index contributed by atoms with van der Waals surface area (Å²) < 4.78 is 0. The highest BCUT2D eigenvalue weighted by Gasteiger charge is 2.40. The molecule has 0 radical (unpaired) electrons. The standard InChI is InChI=1S/C24H36N2O/c25-24(27)20-11-6-10-19(15-20)21-16-22-12-13-23(17-21)26(22)14-5-4-9-18-7-2-1-3-8-18/h6,10-11,15,18,21-23H,1-5,7-9,12-14,16-17H2,(H2,25,27)/t21?,22-,23+. The Morgan fingerprint density at radius 2 is 1.74 bits per heavy atom. The van der Waals surface area contributed by atoms with E-state index in [0.29, 0.717) is 11.5 Å². The van der Waals surface area contributed by atoms with E-state index in [0.717, 1.165) is 18.0 Å². The van der Waals surface area contributed by atoms with Crippen LogP contribution in [0.25, 0.3) is 0 Å². The lowest BCUT2D eigenvalue weighted by Crippen LogP contribution is -2.42. The monoisotopic (exact) mass is 368 g/mol. The number of nitrogens with two attached hydrogens (primary N) is 1. The van der Waals surface area contributed by atoms with Crippen molar-refractivity contribution in [2.75, 3.05) is 6.54 Å². The second kappa shape index (κ2) is 8.77. The van der Waals surface area contributed by atoms with Gasteiger partial charge in [0, 0.05) is 17.6 Å². The fourth-order valence-corrected chi connectivity index (χ4v) is 6.06. The zero-order valence-corrected chi connectivity index (χ0v) is 16.7. The Morgan fingerprint density at radius 3 is 2.44 bits per heavy atom. The van der Waals surface area contributed by atoms with Crippen LogP contribution >= 0.6 is 0 Å². The van der Waals surface area contributed by atoms with Gasteiger partial charge in [-0.2, -0.15) is 0 Å². The molecule has 1 saturated carbocycles. The van der Waals surface area contributed by atoms with Crippen LogP contribution in [-0.2, 0) is 0 Å². The number of hydrogen-bond acceptors (Lipinski definition) is 2. The van der Waals surface area contributed by atoms with E-state index in [1.54, 1.807) is 0 Å². The first kappa shape index (κ1) is 19.0. The summed E-state index contributed by atoms with van der Waals surface area (Å²) >= 11 is 0. The largest absolute Gasteiger partial charge is 0.366 e. The smallest absolute Gasteiger partial charge is 0.248 e. The number of fused-ring (bicyclic) bond motifs is 2. The molecule has 2 N–H and O–H groups in total. The Bertz CT molecular complexity index is 623. The molecule has 0 aromatic heterocycles. The van der Waals surface area contributed by atoms with Gasteiger partial charge in [-0.25, -0.2) is 0 Å². The molecule has 148 valence electrons. The Morgan fingerprint density at radius 1 is 1.00 bits per heavy atom. The highest BCUT2D eigenvalue weighted by atomic mass is 16.1. The molecule has 1 amide bonds. The first-order valence-corrected chi connectivity index (χ1v) is 11.4. The van der Waals surface area contributed by atoms with E-state index >= 15 is 0 Å². The van der Waals surface area contributed by atoms with Gasteiger partial charge in [-0.1, -0.05) is 57.1 Å². The summed E-state index contributed by atoms with van der Waals surface area (Å²) in [5.74, 6) is 1.31. The van der Waals surface area contributed by atoms with Crippen LogP contribution in [0.1, 0.15) is 98.9 Å². The molecule has 3 atom stereocenters. The highest BCUT2D eigenvalue weighted by molar-refractivity contribution is 5.92. The summed E-state index contributed by atoms with van der Waals surface area (Å²) in [6.07, 6.45) is 16.9. The van der Waals surface area contributed by atoms with Crippen LogP contribution < -0.4 is 5.73 Å². The van der Waals surface area contributed by atoms with Gasteiger partial charge >= 0.3 is 0 Å². The van der Waals surface area contributed by atoms with Gasteiger partial charge in [0.25, 0.3) is 0 Å². The van der Waals surface area contributed by atoms with Gasteiger partial charge < -0.3 is 5.73 Å². The third-order valence-electron chi connectivity index (χ3n) is 7.53. The molecule has 1 aromatic carbocycles. The Balaban J connectivity index is 1.27. The highest BCUT2D eigenvalue weighted by Crippen LogP contribution is 2.43. The quantitative estimate of drug-likeness (QED) is 0.668. The van der Waals surface area contributed by atoms with E-state index in [9.17, 15) is 4.79 Å². The summed E-state index contributed by atoms with van der Waals surface area (Å²) in [6, 6.07) is 9.56. The molecule has 2 aliphatic heterocycles. The Labute approximate surface area is 164 Å². The summed E-state index contributed by atoms with van der Waals surface area (Å²) in [4.78, 5) is 14.3. The van der Waals surface area contributed by atoms with Crippen molar-refractivity contribution in [3.8, 4) is 0 Å². The summed E-state index contributed by atoms with van der Waals surface area (Å²) in [5, 5.41) is 0. The lowest BCUT2D eigenvalue weighted by atomic mass is 9.84. The van der Waals surface area contributed by atoms with Gasteiger partial charge in [-0.15, -0.1) is 0 Å². The number of rotatable bonds is 7. The normalized spacial score (nSPS) is 29.1. The van der Waals surface area contributed by atoms with Crippen LogP contribution in [0.15, 0.2) is 24.3 Å². The van der Waals surface area contributed by atoms with Gasteiger partial charge in [0.05, 0.1) is 0 Å². The zero-order valence-electron chi connectivity index (χ0n) is 16.7. The second-order valence-electron chi connectivity index (χ2n) is 9.28. The van der Waals surface area contributed by atoms with Crippen LogP contribution in [0.2, 0.25) is 0 Å². The molecule has 2 heterocycles. The van der Waals surface area contributed by atoms with E-state index in [2.05, 4.69) is 11.0 Å². The molecule has 4 rings (SSSR count). The zero-order chi connectivity index (χ0) is 18.6. The molecule has 3 aliphatic rings. The number of amides is 1. The molecule has 0 spiro atoms. The molecule has 3 nitrogen and oxygen atoms in total.